The molecule has 1 heterocycles. The Kier molecular flexibility index (Phi) is 4.36. The number of amides is 2. The molecule has 0 radical (unpaired) electrons. The number of carboxylic acids is 1. The molecule has 1 aromatic heterocycles. The van der Waals surface area contributed by atoms with E-state index in [1.807, 2.05) is 0 Å². The lowest BCUT2D eigenvalue weighted by atomic mass is 10.2. The quantitative estimate of drug-likeness (QED) is 0.710. The second-order valence-electron chi connectivity index (χ2n) is 3.62. The molecule has 1 unspecified atom stereocenters. The van der Waals surface area contributed by atoms with E-state index in [0.717, 1.165) is 0 Å². The van der Waals surface area contributed by atoms with Gasteiger partial charge in [-0.2, -0.15) is 0 Å². The van der Waals surface area contributed by atoms with E-state index < -0.39 is 17.9 Å². The Labute approximate surface area is 103 Å². The van der Waals surface area contributed by atoms with Crippen molar-refractivity contribution < 1.29 is 19.5 Å². The average molecular weight is 251 g/mol. The molecule has 1 aromatic rings. The third-order valence-electron chi connectivity index (χ3n) is 2.08. The van der Waals surface area contributed by atoms with E-state index in [1.165, 1.54) is 32.2 Å². The Morgan fingerprint density at radius 2 is 2.06 bits per heavy atom. The fourth-order valence-electron chi connectivity index (χ4n) is 1.29. The van der Waals surface area contributed by atoms with Crippen LogP contribution in [0.25, 0.3) is 0 Å². The van der Waals surface area contributed by atoms with Crippen LogP contribution in [0.2, 0.25) is 0 Å². The minimum absolute atomic E-state index is 0.0900. The molecular formula is C11H13N3O4. The number of carbonyl (C=O) groups is 3. The summed E-state index contributed by atoms with van der Waals surface area (Å²) in [6.45, 7) is 2.78. The molecule has 0 aliphatic rings. The van der Waals surface area contributed by atoms with E-state index in [1.54, 1.807) is 0 Å². The zero-order valence-corrected chi connectivity index (χ0v) is 9.93. The summed E-state index contributed by atoms with van der Waals surface area (Å²) in [7, 11) is 0. The zero-order valence-electron chi connectivity index (χ0n) is 9.93. The minimum atomic E-state index is -1.24. The van der Waals surface area contributed by atoms with Gasteiger partial charge in [-0.1, -0.05) is 0 Å². The van der Waals surface area contributed by atoms with E-state index in [2.05, 4.69) is 15.6 Å². The molecule has 0 aliphatic carbocycles. The molecule has 0 spiro atoms. The number of aromatic nitrogens is 1. The number of rotatable bonds is 4. The summed E-state index contributed by atoms with van der Waals surface area (Å²) >= 11 is 0. The lowest BCUT2D eigenvalue weighted by Gasteiger charge is -2.13. The van der Waals surface area contributed by atoms with Gasteiger partial charge in [0, 0.05) is 13.1 Å². The molecule has 3 N–H and O–H groups in total. The molecule has 0 saturated heterocycles. The summed E-state index contributed by atoms with van der Waals surface area (Å²) in [5.74, 6) is -2.10. The third kappa shape index (κ3) is 3.55. The van der Waals surface area contributed by atoms with Crippen LogP contribution in [0.3, 0.4) is 0 Å². The molecule has 0 saturated carbocycles. The predicted molar refractivity (Wildman–Crippen MR) is 63.1 cm³/mol. The Balaban J connectivity index is 2.82. The molecule has 0 aliphatic heterocycles. The van der Waals surface area contributed by atoms with E-state index >= 15 is 0 Å². The maximum absolute atomic E-state index is 11.7. The number of nitrogens with one attached hydrogen (secondary N) is 2. The Hall–Kier alpha value is -2.44. The van der Waals surface area contributed by atoms with Crippen molar-refractivity contribution in [2.75, 3.05) is 5.32 Å². The van der Waals surface area contributed by atoms with Gasteiger partial charge in [0.25, 0.3) is 0 Å². The first-order valence-electron chi connectivity index (χ1n) is 5.18. The first kappa shape index (κ1) is 13.6. The van der Waals surface area contributed by atoms with Crippen LogP contribution in [0.1, 0.15) is 24.3 Å². The van der Waals surface area contributed by atoms with Crippen molar-refractivity contribution in [3.05, 3.63) is 24.0 Å². The number of carboxylic acid groups (broad SMARTS) is 1. The molecule has 0 fully saturated rings. The molecule has 1 atom stereocenters. The van der Waals surface area contributed by atoms with Crippen molar-refractivity contribution in [3.63, 3.8) is 0 Å². The highest BCUT2D eigenvalue weighted by molar-refractivity contribution is 6.01. The Morgan fingerprint density at radius 3 is 2.61 bits per heavy atom. The number of anilines is 1. The second-order valence-corrected chi connectivity index (χ2v) is 3.62. The van der Waals surface area contributed by atoms with Crippen LogP contribution in [0.15, 0.2) is 18.3 Å². The number of hydrogen-bond acceptors (Lipinski definition) is 4. The molecule has 1 rings (SSSR count). The Morgan fingerprint density at radius 1 is 1.39 bits per heavy atom. The van der Waals surface area contributed by atoms with Crippen molar-refractivity contribution in [1.82, 2.24) is 10.3 Å². The van der Waals surface area contributed by atoms with Gasteiger partial charge in [0.1, 0.15) is 6.04 Å². The number of aromatic carboxylic acids is 1. The summed E-state index contributed by atoms with van der Waals surface area (Å²) < 4.78 is 0. The molecule has 7 nitrogen and oxygen atoms in total. The van der Waals surface area contributed by atoms with Gasteiger partial charge in [-0.25, -0.2) is 9.78 Å². The van der Waals surface area contributed by atoms with Crippen molar-refractivity contribution in [2.45, 2.75) is 19.9 Å². The Bertz CT molecular complexity index is 487. The van der Waals surface area contributed by atoms with Crippen molar-refractivity contribution >= 4 is 23.5 Å². The number of hydrogen-bond donors (Lipinski definition) is 3. The summed E-state index contributed by atoms with van der Waals surface area (Å²) in [4.78, 5) is 37.0. The van der Waals surface area contributed by atoms with Gasteiger partial charge in [0.15, 0.2) is 5.69 Å². The van der Waals surface area contributed by atoms with Crippen molar-refractivity contribution in [3.8, 4) is 0 Å². The van der Waals surface area contributed by atoms with Crippen LogP contribution in [0.5, 0.6) is 0 Å². The van der Waals surface area contributed by atoms with Crippen LogP contribution in [0, 0.1) is 0 Å². The highest BCUT2D eigenvalue weighted by atomic mass is 16.4. The number of pyridine rings is 1. The summed E-state index contributed by atoms with van der Waals surface area (Å²) in [6, 6.07) is 2.17. The minimum Gasteiger partial charge on any atom is -0.476 e. The van der Waals surface area contributed by atoms with Crippen LogP contribution < -0.4 is 10.6 Å². The molecule has 18 heavy (non-hydrogen) atoms. The van der Waals surface area contributed by atoms with E-state index in [-0.39, 0.29) is 17.3 Å². The van der Waals surface area contributed by atoms with Gasteiger partial charge in [0.05, 0.1) is 5.69 Å². The zero-order chi connectivity index (χ0) is 13.7. The highest BCUT2D eigenvalue weighted by Gasteiger charge is 2.17. The second kappa shape index (κ2) is 5.76. The predicted octanol–water partition coefficient (Wildman–Crippen LogP) is 0.243. The summed E-state index contributed by atoms with van der Waals surface area (Å²) in [5.41, 5.74) is -0.159. The van der Waals surface area contributed by atoms with E-state index in [0.29, 0.717) is 0 Å². The maximum Gasteiger partial charge on any atom is 0.356 e. The topological polar surface area (TPSA) is 108 Å². The largest absolute Gasteiger partial charge is 0.476 e. The molecule has 96 valence electrons. The SMILES string of the molecule is CC(=O)NC(C)C(=O)Nc1cccnc1C(=O)O. The fraction of sp³-hybridized carbons (Fsp3) is 0.273. The van der Waals surface area contributed by atoms with Crippen LogP contribution in [0.4, 0.5) is 5.69 Å². The maximum atomic E-state index is 11.7. The standard InChI is InChI=1S/C11H13N3O4/c1-6(13-7(2)15)10(16)14-8-4-3-5-12-9(8)11(17)18/h3-6H,1-2H3,(H,13,15)(H,14,16)(H,17,18). The lowest BCUT2D eigenvalue weighted by Crippen LogP contribution is -2.40. The molecular weight excluding hydrogens is 238 g/mol. The van der Waals surface area contributed by atoms with Crippen LogP contribution in [-0.2, 0) is 9.59 Å². The molecule has 7 heteroatoms. The average Bonchev–Trinajstić information content (AvgIpc) is 2.28. The lowest BCUT2D eigenvalue weighted by molar-refractivity contribution is -0.124. The summed E-state index contributed by atoms with van der Waals surface area (Å²) in [6.07, 6.45) is 1.32. The van der Waals surface area contributed by atoms with Gasteiger partial charge < -0.3 is 15.7 Å². The fourth-order valence-corrected chi connectivity index (χ4v) is 1.29. The van der Waals surface area contributed by atoms with Crippen molar-refractivity contribution in [1.29, 1.82) is 0 Å². The first-order valence-corrected chi connectivity index (χ1v) is 5.18. The van der Waals surface area contributed by atoms with Gasteiger partial charge in [-0.15, -0.1) is 0 Å². The van der Waals surface area contributed by atoms with E-state index in [4.69, 9.17) is 5.11 Å². The summed E-state index contributed by atoms with van der Waals surface area (Å²) in [5, 5.41) is 13.7. The smallest absolute Gasteiger partial charge is 0.356 e. The van der Waals surface area contributed by atoms with Gasteiger partial charge >= 0.3 is 5.97 Å². The normalized spacial score (nSPS) is 11.4. The van der Waals surface area contributed by atoms with Crippen LogP contribution in [-0.4, -0.2) is 33.9 Å². The molecule has 0 bridgehead atoms. The first-order chi connectivity index (χ1) is 8.41. The van der Waals surface area contributed by atoms with Gasteiger partial charge in [-0.05, 0) is 19.1 Å². The monoisotopic (exact) mass is 251 g/mol. The molecule has 2 amide bonds. The van der Waals surface area contributed by atoms with Crippen LogP contribution >= 0.6 is 0 Å². The van der Waals surface area contributed by atoms with Gasteiger partial charge in [-0.3, -0.25) is 9.59 Å². The number of nitrogens with zero attached hydrogens (tertiary/aromatic N) is 1. The molecule has 0 aromatic carbocycles. The van der Waals surface area contributed by atoms with Crippen molar-refractivity contribution in [2.24, 2.45) is 0 Å². The number of carbonyl (C=O) groups excluding carboxylic acids is 2. The van der Waals surface area contributed by atoms with E-state index in [9.17, 15) is 14.4 Å². The van der Waals surface area contributed by atoms with Gasteiger partial charge in [0.2, 0.25) is 11.8 Å². The third-order valence-corrected chi connectivity index (χ3v) is 2.08. The highest BCUT2D eigenvalue weighted by Crippen LogP contribution is 2.12.